The molecule has 2 aliphatic rings. The summed E-state index contributed by atoms with van der Waals surface area (Å²) in [5, 5.41) is 23.1. The molecule has 0 bridgehead atoms. The Labute approximate surface area is 214 Å². The number of sulfonamides is 1. The zero-order valence-electron chi connectivity index (χ0n) is 20.0. The Morgan fingerprint density at radius 1 is 1.19 bits per heavy atom. The molecular weight excluding hydrogens is 506 g/mol. The van der Waals surface area contributed by atoms with Crippen molar-refractivity contribution in [1.82, 2.24) is 24.3 Å². The summed E-state index contributed by atoms with van der Waals surface area (Å²) < 4.78 is 36.3. The molecule has 0 spiro atoms. The minimum atomic E-state index is -3.95. The number of benzene rings is 1. The third-order valence-corrected chi connectivity index (χ3v) is 9.19. The largest absolute Gasteiger partial charge is 0.481 e. The lowest BCUT2D eigenvalue weighted by Crippen LogP contribution is -2.46. The Balaban J connectivity index is 1.59. The molecule has 1 N–H and O–H groups in total. The number of carboxylic acids is 1. The van der Waals surface area contributed by atoms with E-state index in [4.69, 9.17) is 21.4 Å². The first kappa shape index (κ1) is 24.9. The van der Waals surface area contributed by atoms with Crippen LogP contribution in [-0.4, -0.2) is 63.0 Å². The maximum Gasteiger partial charge on any atom is 0.309 e. The number of carbonyl (C=O) groups is 1. The molecular formula is C24H28ClN5O5S. The minimum Gasteiger partial charge on any atom is -0.481 e. The number of halogens is 1. The molecule has 5 rings (SSSR count). The Morgan fingerprint density at radius 3 is 2.58 bits per heavy atom. The van der Waals surface area contributed by atoms with E-state index in [0.717, 1.165) is 19.3 Å². The van der Waals surface area contributed by atoms with Crippen molar-refractivity contribution in [3.8, 4) is 5.88 Å². The molecule has 3 aromatic rings. The quantitative estimate of drug-likeness (QED) is 0.465. The van der Waals surface area contributed by atoms with Gasteiger partial charge in [-0.3, -0.25) is 9.48 Å². The number of aromatic nitrogens is 4. The molecule has 12 heteroatoms. The molecule has 1 aliphatic carbocycles. The lowest BCUT2D eigenvalue weighted by atomic mass is 9.76. The van der Waals surface area contributed by atoms with Gasteiger partial charge < -0.3 is 9.84 Å². The second-order valence-electron chi connectivity index (χ2n) is 9.49. The topological polar surface area (TPSA) is 128 Å². The standard InChI is InChI=1S/C24H28ClN5O5S/c1-3-35-20-9-10-21(27-26-20)36(33,34)29-13-14(2)23(24(29)15-5-4-6-15)30-19-11-16(25)7-8-17(19)18(28-30)12-22(31)32/h7-11,14-15,23-24H,3-6,12-13H2,1-2H3,(H,31,32)/t14-,23-,24?/m1/s1. The van der Waals surface area contributed by atoms with Gasteiger partial charge in [0.25, 0.3) is 10.0 Å². The van der Waals surface area contributed by atoms with Crippen molar-refractivity contribution in [2.24, 2.45) is 11.8 Å². The third kappa shape index (κ3) is 4.33. The molecule has 1 unspecified atom stereocenters. The maximum atomic E-state index is 13.8. The van der Waals surface area contributed by atoms with Crippen LogP contribution in [0.4, 0.5) is 0 Å². The molecule has 0 amide bonds. The van der Waals surface area contributed by atoms with Gasteiger partial charge >= 0.3 is 5.97 Å². The summed E-state index contributed by atoms with van der Waals surface area (Å²) in [5.74, 6) is -0.636. The van der Waals surface area contributed by atoms with Crippen molar-refractivity contribution in [2.45, 2.75) is 56.6 Å². The van der Waals surface area contributed by atoms with Crippen LogP contribution in [0.25, 0.3) is 10.9 Å². The molecule has 1 saturated heterocycles. The van der Waals surface area contributed by atoms with Crippen molar-refractivity contribution in [3.63, 3.8) is 0 Å². The zero-order chi connectivity index (χ0) is 25.6. The predicted octanol–water partition coefficient (Wildman–Crippen LogP) is 3.56. The number of aliphatic carboxylic acids is 1. The Hall–Kier alpha value is -2.76. The van der Waals surface area contributed by atoms with Gasteiger partial charge in [-0.15, -0.1) is 10.2 Å². The van der Waals surface area contributed by atoms with E-state index in [9.17, 15) is 18.3 Å². The van der Waals surface area contributed by atoms with Crippen molar-refractivity contribution in [2.75, 3.05) is 13.2 Å². The van der Waals surface area contributed by atoms with Crippen LogP contribution < -0.4 is 4.74 Å². The first-order valence-electron chi connectivity index (χ1n) is 12.1. The second kappa shape index (κ2) is 9.60. The number of nitrogens with zero attached hydrogens (tertiary/aromatic N) is 5. The van der Waals surface area contributed by atoms with Crippen molar-refractivity contribution in [3.05, 3.63) is 41.0 Å². The lowest BCUT2D eigenvalue weighted by Gasteiger charge is -2.39. The highest BCUT2D eigenvalue weighted by molar-refractivity contribution is 7.89. The highest BCUT2D eigenvalue weighted by Crippen LogP contribution is 2.47. The van der Waals surface area contributed by atoms with Crippen LogP contribution >= 0.6 is 11.6 Å². The van der Waals surface area contributed by atoms with E-state index in [2.05, 4.69) is 10.2 Å². The van der Waals surface area contributed by atoms with Crippen LogP contribution in [0.5, 0.6) is 5.88 Å². The zero-order valence-corrected chi connectivity index (χ0v) is 21.6. The van der Waals surface area contributed by atoms with E-state index in [1.54, 1.807) is 22.5 Å². The average Bonchev–Trinajstić information content (AvgIpc) is 3.30. The van der Waals surface area contributed by atoms with Crippen molar-refractivity contribution in [1.29, 1.82) is 0 Å². The molecule has 1 aliphatic heterocycles. The fourth-order valence-corrected chi connectivity index (χ4v) is 7.27. The van der Waals surface area contributed by atoms with Crippen molar-refractivity contribution < 1.29 is 23.1 Å². The number of hydrogen-bond donors (Lipinski definition) is 1. The van der Waals surface area contributed by atoms with E-state index < -0.39 is 16.0 Å². The fraction of sp³-hybridized carbons (Fsp3) is 0.500. The number of fused-ring (bicyclic) bond motifs is 1. The molecule has 3 atom stereocenters. The average molecular weight is 534 g/mol. The summed E-state index contributed by atoms with van der Waals surface area (Å²) in [6, 6.07) is 7.56. The van der Waals surface area contributed by atoms with Gasteiger partial charge in [-0.25, -0.2) is 8.42 Å². The first-order chi connectivity index (χ1) is 17.2. The second-order valence-corrected chi connectivity index (χ2v) is 11.8. The molecule has 0 radical (unpaired) electrons. The first-order valence-corrected chi connectivity index (χ1v) is 13.9. The van der Waals surface area contributed by atoms with Gasteiger partial charge in [0.15, 0.2) is 5.03 Å². The smallest absolute Gasteiger partial charge is 0.309 e. The van der Waals surface area contributed by atoms with E-state index in [1.165, 1.54) is 12.1 Å². The van der Waals surface area contributed by atoms with Crippen LogP contribution in [0.15, 0.2) is 35.4 Å². The summed E-state index contributed by atoms with van der Waals surface area (Å²) in [6.45, 7) is 4.51. The maximum absolute atomic E-state index is 13.8. The van der Waals surface area contributed by atoms with E-state index in [-0.39, 0.29) is 41.2 Å². The van der Waals surface area contributed by atoms with Gasteiger partial charge in [0.2, 0.25) is 5.88 Å². The van der Waals surface area contributed by atoms with Gasteiger partial charge in [0.05, 0.1) is 36.3 Å². The summed E-state index contributed by atoms with van der Waals surface area (Å²) in [5.41, 5.74) is 1.15. The molecule has 3 heterocycles. The van der Waals surface area contributed by atoms with Crippen LogP contribution in [0.2, 0.25) is 5.02 Å². The highest BCUT2D eigenvalue weighted by atomic mass is 35.5. The summed E-state index contributed by atoms with van der Waals surface area (Å²) in [6.07, 6.45) is 2.63. The molecule has 10 nitrogen and oxygen atoms in total. The number of ether oxygens (including phenoxy) is 1. The SMILES string of the molecule is CCOc1ccc(S(=O)(=O)N2C[C@@H](C)[C@@H](n3nc(CC(=O)O)c4ccc(Cl)cc43)C2C2CCC2)nn1. The normalized spacial score (nSPS) is 23.1. The van der Waals surface area contributed by atoms with Crippen LogP contribution in [0.1, 0.15) is 44.8 Å². The molecule has 2 aromatic heterocycles. The molecule has 2 fully saturated rings. The predicted molar refractivity (Wildman–Crippen MR) is 133 cm³/mol. The number of rotatable bonds is 8. The lowest BCUT2D eigenvalue weighted by molar-refractivity contribution is -0.136. The van der Waals surface area contributed by atoms with E-state index >= 15 is 0 Å². The van der Waals surface area contributed by atoms with Crippen LogP contribution in [0.3, 0.4) is 0 Å². The summed E-state index contributed by atoms with van der Waals surface area (Å²) in [7, 11) is -3.95. The Bertz CT molecular complexity index is 1390. The van der Waals surface area contributed by atoms with Gasteiger partial charge in [-0.1, -0.05) is 24.9 Å². The molecule has 1 saturated carbocycles. The van der Waals surface area contributed by atoms with E-state index in [1.807, 2.05) is 18.5 Å². The third-order valence-electron chi connectivity index (χ3n) is 7.19. The number of hydrogen-bond acceptors (Lipinski definition) is 7. The van der Waals surface area contributed by atoms with Crippen LogP contribution in [-0.2, 0) is 21.2 Å². The van der Waals surface area contributed by atoms with Crippen molar-refractivity contribution >= 4 is 38.5 Å². The molecule has 36 heavy (non-hydrogen) atoms. The van der Waals surface area contributed by atoms with Gasteiger partial charge in [-0.2, -0.15) is 9.40 Å². The van der Waals surface area contributed by atoms with Crippen LogP contribution in [0, 0.1) is 11.8 Å². The number of carboxylic acid groups (broad SMARTS) is 1. The monoisotopic (exact) mass is 533 g/mol. The molecule has 192 valence electrons. The highest BCUT2D eigenvalue weighted by Gasteiger charge is 2.52. The van der Waals surface area contributed by atoms with Gasteiger partial charge in [0.1, 0.15) is 0 Å². The fourth-order valence-electron chi connectivity index (χ4n) is 5.43. The van der Waals surface area contributed by atoms with E-state index in [0.29, 0.717) is 34.8 Å². The Morgan fingerprint density at radius 2 is 1.97 bits per heavy atom. The van der Waals surface area contributed by atoms with Gasteiger partial charge in [-0.05, 0) is 55.9 Å². The summed E-state index contributed by atoms with van der Waals surface area (Å²) >= 11 is 6.31. The van der Waals surface area contributed by atoms with Gasteiger partial charge in [0, 0.05) is 23.0 Å². The Kier molecular flexibility index (Phi) is 6.65. The summed E-state index contributed by atoms with van der Waals surface area (Å²) in [4.78, 5) is 11.5. The molecule has 1 aromatic carbocycles. The minimum absolute atomic E-state index is 0.0826.